The summed E-state index contributed by atoms with van der Waals surface area (Å²) in [5.41, 5.74) is 1.93. The molecule has 21 heavy (non-hydrogen) atoms. The highest BCUT2D eigenvalue weighted by Crippen LogP contribution is 2.30. The van der Waals surface area contributed by atoms with Gasteiger partial charge in [0.15, 0.2) is 11.5 Å². The molecule has 2 aromatic rings. The largest absolute Gasteiger partial charge is 0.504 e. The van der Waals surface area contributed by atoms with Crippen LogP contribution in [-0.2, 0) is 10.0 Å². The van der Waals surface area contributed by atoms with Gasteiger partial charge in [-0.3, -0.25) is 4.72 Å². The van der Waals surface area contributed by atoms with Crippen molar-refractivity contribution in [2.24, 2.45) is 0 Å². The summed E-state index contributed by atoms with van der Waals surface area (Å²) in [5, 5.41) is 9.69. The molecule has 0 aliphatic carbocycles. The molecule has 0 fully saturated rings. The number of anilines is 1. The van der Waals surface area contributed by atoms with Crippen molar-refractivity contribution in [1.82, 2.24) is 0 Å². The summed E-state index contributed by atoms with van der Waals surface area (Å²) in [6, 6.07) is 9.44. The van der Waals surface area contributed by atoms with Crippen molar-refractivity contribution in [1.29, 1.82) is 0 Å². The van der Waals surface area contributed by atoms with Gasteiger partial charge in [0.1, 0.15) is 0 Å². The molecule has 0 radical (unpaired) electrons. The average Bonchev–Trinajstić information content (AvgIpc) is 2.37. The number of ether oxygens (including phenoxy) is 1. The van der Waals surface area contributed by atoms with Gasteiger partial charge in [0, 0.05) is 6.07 Å². The second-order valence-corrected chi connectivity index (χ2v) is 6.41. The maximum absolute atomic E-state index is 12.4. The van der Waals surface area contributed by atoms with Gasteiger partial charge in [-0.25, -0.2) is 8.42 Å². The highest BCUT2D eigenvalue weighted by molar-refractivity contribution is 7.92. The Balaban J connectivity index is 2.35. The maximum Gasteiger partial charge on any atom is 0.262 e. The topological polar surface area (TPSA) is 75.6 Å². The number of nitrogens with one attached hydrogen (secondary N) is 1. The molecule has 0 amide bonds. The smallest absolute Gasteiger partial charge is 0.262 e. The molecular formula is C15H17NO4S. The summed E-state index contributed by atoms with van der Waals surface area (Å²) in [5.74, 6) is 0.155. The lowest BCUT2D eigenvalue weighted by Crippen LogP contribution is -2.14. The molecule has 2 aromatic carbocycles. The third-order valence-electron chi connectivity index (χ3n) is 3.05. The van der Waals surface area contributed by atoms with Gasteiger partial charge in [-0.2, -0.15) is 0 Å². The van der Waals surface area contributed by atoms with E-state index in [4.69, 9.17) is 4.74 Å². The number of aromatic hydroxyl groups is 1. The van der Waals surface area contributed by atoms with Gasteiger partial charge >= 0.3 is 0 Å². The monoisotopic (exact) mass is 307 g/mol. The number of methoxy groups -OCH3 is 1. The van der Waals surface area contributed by atoms with Crippen LogP contribution in [0.5, 0.6) is 11.5 Å². The van der Waals surface area contributed by atoms with Crippen molar-refractivity contribution < 1.29 is 18.3 Å². The lowest BCUT2D eigenvalue weighted by atomic mass is 10.2. The summed E-state index contributed by atoms with van der Waals surface area (Å²) in [7, 11) is -2.27. The Morgan fingerprint density at radius 2 is 1.81 bits per heavy atom. The van der Waals surface area contributed by atoms with E-state index in [2.05, 4.69) is 4.72 Å². The Labute approximate surface area is 124 Å². The number of hydrogen-bond donors (Lipinski definition) is 2. The molecule has 6 heteroatoms. The quantitative estimate of drug-likeness (QED) is 0.910. The standard InChI is InChI=1S/C15H17NO4S/c1-10-4-7-15(11(2)8-10)21(18,19)16-12-5-6-14(20-3)13(17)9-12/h4-9,16-17H,1-3H3. The minimum Gasteiger partial charge on any atom is -0.504 e. The van der Waals surface area contributed by atoms with Crippen LogP contribution in [0, 0.1) is 13.8 Å². The fourth-order valence-corrected chi connectivity index (χ4v) is 3.34. The SMILES string of the molecule is COc1ccc(NS(=O)(=O)c2ccc(C)cc2C)cc1O. The third kappa shape index (κ3) is 3.28. The molecule has 0 spiro atoms. The first-order valence-corrected chi connectivity index (χ1v) is 7.79. The van der Waals surface area contributed by atoms with E-state index in [1.165, 1.54) is 25.3 Å². The normalized spacial score (nSPS) is 11.2. The number of phenolic OH excluding ortho intramolecular Hbond substituents is 1. The van der Waals surface area contributed by atoms with E-state index < -0.39 is 10.0 Å². The van der Waals surface area contributed by atoms with Crippen molar-refractivity contribution in [2.45, 2.75) is 18.7 Å². The highest BCUT2D eigenvalue weighted by Gasteiger charge is 2.17. The van der Waals surface area contributed by atoms with Crippen LogP contribution < -0.4 is 9.46 Å². The predicted molar refractivity (Wildman–Crippen MR) is 81.4 cm³/mol. The Bertz CT molecular complexity index is 769. The van der Waals surface area contributed by atoms with E-state index >= 15 is 0 Å². The first kappa shape index (κ1) is 15.2. The fraction of sp³-hybridized carbons (Fsp3) is 0.200. The second-order valence-electron chi connectivity index (χ2n) is 4.76. The summed E-state index contributed by atoms with van der Waals surface area (Å²) in [6.45, 7) is 3.64. The van der Waals surface area contributed by atoms with Crippen molar-refractivity contribution >= 4 is 15.7 Å². The Morgan fingerprint density at radius 1 is 1.10 bits per heavy atom. The van der Waals surface area contributed by atoms with Gasteiger partial charge in [-0.05, 0) is 37.6 Å². The molecule has 5 nitrogen and oxygen atoms in total. The zero-order valence-electron chi connectivity index (χ0n) is 12.0. The molecule has 2 rings (SSSR count). The predicted octanol–water partition coefficient (Wildman–Crippen LogP) is 2.82. The van der Waals surface area contributed by atoms with Crippen LogP contribution in [0.4, 0.5) is 5.69 Å². The fourth-order valence-electron chi connectivity index (χ4n) is 2.06. The van der Waals surface area contributed by atoms with Gasteiger partial charge in [0.2, 0.25) is 0 Å². The minimum atomic E-state index is -3.70. The lowest BCUT2D eigenvalue weighted by molar-refractivity contribution is 0.373. The van der Waals surface area contributed by atoms with Crippen LogP contribution in [0.1, 0.15) is 11.1 Å². The van der Waals surface area contributed by atoms with E-state index in [9.17, 15) is 13.5 Å². The number of benzene rings is 2. The zero-order chi connectivity index (χ0) is 15.6. The van der Waals surface area contributed by atoms with E-state index in [1.54, 1.807) is 25.1 Å². The summed E-state index contributed by atoms with van der Waals surface area (Å²) < 4.78 is 32.1. The molecule has 0 unspecified atom stereocenters. The lowest BCUT2D eigenvalue weighted by Gasteiger charge is -2.12. The van der Waals surface area contributed by atoms with Crippen LogP contribution in [0.25, 0.3) is 0 Å². The maximum atomic E-state index is 12.4. The number of phenols is 1. The number of aryl methyl sites for hydroxylation is 2. The first-order valence-electron chi connectivity index (χ1n) is 6.30. The molecule has 0 aliphatic heterocycles. The molecule has 0 heterocycles. The third-order valence-corrected chi connectivity index (χ3v) is 4.59. The summed E-state index contributed by atoms with van der Waals surface area (Å²) in [6.07, 6.45) is 0. The first-order chi connectivity index (χ1) is 9.83. The minimum absolute atomic E-state index is 0.127. The van der Waals surface area contributed by atoms with Gasteiger partial charge < -0.3 is 9.84 Å². The second kappa shape index (κ2) is 5.65. The van der Waals surface area contributed by atoms with Gasteiger partial charge in [-0.15, -0.1) is 0 Å². The molecule has 0 bridgehead atoms. The van der Waals surface area contributed by atoms with Crippen LogP contribution in [0.15, 0.2) is 41.3 Å². The van der Waals surface area contributed by atoms with Crippen molar-refractivity contribution in [3.63, 3.8) is 0 Å². The van der Waals surface area contributed by atoms with Crippen LogP contribution in [0.3, 0.4) is 0 Å². The zero-order valence-corrected chi connectivity index (χ0v) is 12.9. The molecule has 0 atom stereocenters. The number of rotatable bonds is 4. The summed E-state index contributed by atoms with van der Waals surface area (Å²) in [4.78, 5) is 0.211. The van der Waals surface area contributed by atoms with Crippen molar-refractivity contribution in [3.8, 4) is 11.5 Å². The van der Waals surface area contributed by atoms with Gasteiger partial charge in [-0.1, -0.05) is 17.7 Å². The van der Waals surface area contributed by atoms with E-state index in [1.807, 2.05) is 6.92 Å². The molecule has 112 valence electrons. The molecule has 2 N–H and O–H groups in total. The van der Waals surface area contributed by atoms with E-state index in [0.29, 0.717) is 5.56 Å². The van der Waals surface area contributed by atoms with Crippen molar-refractivity contribution in [3.05, 3.63) is 47.5 Å². The Hall–Kier alpha value is -2.21. The molecule has 0 saturated carbocycles. The van der Waals surface area contributed by atoms with Gasteiger partial charge in [0.25, 0.3) is 10.0 Å². The van der Waals surface area contributed by atoms with E-state index in [-0.39, 0.29) is 22.1 Å². The summed E-state index contributed by atoms with van der Waals surface area (Å²) >= 11 is 0. The number of sulfonamides is 1. The Kier molecular flexibility index (Phi) is 4.09. The van der Waals surface area contributed by atoms with Gasteiger partial charge in [0.05, 0.1) is 17.7 Å². The van der Waals surface area contributed by atoms with Crippen LogP contribution in [-0.4, -0.2) is 20.6 Å². The van der Waals surface area contributed by atoms with E-state index in [0.717, 1.165) is 5.56 Å². The average molecular weight is 307 g/mol. The Morgan fingerprint density at radius 3 is 2.38 bits per heavy atom. The number of hydrogen-bond acceptors (Lipinski definition) is 4. The van der Waals surface area contributed by atoms with Crippen molar-refractivity contribution in [2.75, 3.05) is 11.8 Å². The molecule has 0 aliphatic rings. The molecular weight excluding hydrogens is 290 g/mol. The van der Waals surface area contributed by atoms with Crippen LogP contribution >= 0.6 is 0 Å². The molecule has 0 saturated heterocycles. The van der Waals surface area contributed by atoms with Crippen LogP contribution in [0.2, 0.25) is 0 Å². The highest BCUT2D eigenvalue weighted by atomic mass is 32.2. The molecule has 0 aromatic heterocycles.